The fourth-order valence-corrected chi connectivity index (χ4v) is 1.82. The maximum atomic E-state index is 7.22. The van der Waals surface area contributed by atoms with Crippen molar-refractivity contribution in [2.24, 2.45) is 11.7 Å². The number of piperidine rings is 1. The first-order valence-electron chi connectivity index (χ1n) is 4.66. The molecule has 0 aliphatic carbocycles. The summed E-state index contributed by atoms with van der Waals surface area (Å²) in [6.07, 6.45) is 2.56. The molecule has 1 saturated heterocycles. The topological polar surface area (TPSA) is 53.1 Å². The Morgan fingerprint density at radius 2 is 2.17 bits per heavy atom. The summed E-state index contributed by atoms with van der Waals surface area (Å²) in [4.78, 5) is 2.30. The van der Waals surface area contributed by atoms with E-state index in [1.165, 1.54) is 12.8 Å². The van der Waals surface area contributed by atoms with Gasteiger partial charge in [0, 0.05) is 12.6 Å². The van der Waals surface area contributed by atoms with Crippen LogP contribution >= 0.6 is 0 Å². The third-order valence-electron chi connectivity index (χ3n) is 2.62. The fourth-order valence-electron chi connectivity index (χ4n) is 1.82. The van der Waals surface area contributed by atoms with Crippen LogP contribution < -0.4 is 5.73 Å². The van der Waals surface area contributed by atoms with Gasteiger partial charge in [0.25, 0.3) is 0 Å². The highest BCUT2D eigenvalue weighted by Crippen LogP contribution is 2.20. The Morgan fingerprint density at radius 1 is 1.50 bits per heavy atom. The van der Waals surface area contributed by atoms with Crippen LogP contribution in [0.2, 0.25) is 0 Å². The highest BCUT2D eigenvalue weighted by molar-refractivity contribution is 5.78. The van der Waals surface area contributed by atoms with Crippen LogP contribution in [0, 0.1) is 11.3 Å². The fraction of sp³-hybridized carbons (Fsp3) is 0.889. The van der Waals surface area contributed by atoms with Crippen LogP contribution in [0.25, 0.3) is 0 Å². The zero-order valence-corrected chi connectivity index (χ0v) is 8.01. The average molecular weight is 169 g/mol. The second-order valence-corrected chi connectivity index (χ2v) is 3.99. The van der Waals surface area contributed by atoms with Crippen molar-refractivity contribution in [1.29, 1.82) is 5.41 Å². The molecule has 1 aliphatic rings. The molecule has 3 nitrogen and oxygen atoms in total. The number of rotatable bonds is 2. The molecule has 2 unspecified atom stereocenters. The number of hydrogen-bond acceptors (Lipinski definition) is 2. The molecule has 0 radical (unpaired) electrons. The molecule has 3 N–H and O–H groups in total. The van der Waals surface area contributed by atoms with E-state index in [4.69, 9.17) is 11.1 Å². The molecule has 0 aromatic carbocycles. The van der Waals surface area contributed by atoms with Crippen molar-refractivity contribution in [2.75, 3.05) is 13.1 Å². The maximum absolute atomic E-state index is 7.22. The van der Waals surface area contributed by atoms with E-state index >= 15 is 0 Å². The molecule has 0 aromatic rings. The normalized spacial score (nSPS) is 31.8. The summed E-state index contributed by atoms with van der Waals surface area (Å²) in [7, 11) is 0. The quantitative estimate of drug-likeness (QED) is 0.479. The Balaban J connectivity index is 2.43. The Hall–Kier alpha value is -0.570. The maximum Gasteiger partial charge on any atom is 0.105 e. The van der Waals surface area contributed by atoms with Gasteiger partial charge in [0.15, 0.2) is 0 Å². The molecule has 0 spiro atoms. The summed E-state index contributed by atoms with van der Waals surface area (Å²) >= 11 is 0. The van der Waals surface area contributed by atoms with Crippen molar-refractivity contribution in [3.8, 4) is 0 Å². The van der Waals surface area contributed by atoms with Gasteiger partial charge in [-0.2, -0.15) is 0 Å². The summed E-state index contributed by atoms with van der Waals surface area (Å²) in [5, 5.41) is 7.22. The van der Waals surface area contributed by atoms with Gasteiger partial charge in [-0.05, 0) is 25.7 Å². The first-order valence-corrected chi connectivity index (χ1v) is 4.66. The molecule has 0 aromatic heterocycles. The van der Waals surface area contributed by atoms with Gasteiger partial charge >= 0.3 is 0 Å². The third kappa shape index (κ3) is 2.48. The van der Waals surface area contributed by atoms with Gasteiger partial charge in [-0.1, -0.05) is 6.92 Å². The minimum Gasteiger partial charge on any atom is -0.387 e. The first-order chi connectivity index (χ1) is 5.59. The zero-order valence-electron chi connectivity index (χ0n) is 8.01. The standard InChI is InChI=1S/C9H19N3/c1-7-3-4-8(2)12(5-7)6-9(10)11/h7-8H,3-6H2,1-2H3,(H3,10,11). The number of nitrogens with zero attached hydrogens (tertiary/aromatic N) is 1. The summed E-state index contributed by atoms with van der Waals surface area (Å²) in [6, 6.07) is 0.602. The lowest BCUT2D eigenvalue weighted by Gasteiger charge is -2.36. The van der Waals surface area contributed by atoms with Crippen LogP contribution in [0.1, 0.15) is 26.7 Å². The van der Waals surface area contributed by atoms with Crippen LogP contribution in [-0.4, -0.2) is 29.9 Å². The van der Waals surface area contributed by atoms with Gasteiger partial charge in [-0.25, -0.2) is 0 Å². The molecule has 12 heavy (non-hydrogen) atoms. The molecule has 0 amide bonds. The smallest absolute Gasteiger partial charge is 0.105 e. The molecule has 1 rings (SSSR count). The lowest BCUT2D eigenvalue weighted by molar-refractivity contribution is 0.144. The van der Waals surface area contributed by atoms with Crippen molar-refractivity contribution in [2.45, 2.75) is 32.7 Å². The highest BCUT2D eigenvalue weighted by Gasteiger charge is 2.22. The van der Waals surface area contributed by atoms with Crippen molar-refractivity contribution < 1.29 is 0 Å². The molecule has 1 aliphatic heterocycles. The van der Waals surface area contributed by atoms with E-state index in [0.29, 0.717) is 12.6 Å². The Kier molecular flexibility index (Phi) is 3.09. The van der Waals surface area contributed by atoms with Crippen molar-refractivity contribution in [3.05, 3.63) is 0 Å². The molecule has 1 fully saturated rings. The van der Waals surface area contributed by atoms with Crippen LogP contribution in [-0.2, 0) is 0 Å². The Morgan fingerprint density at radius 3 is 2.75 bits per heavy atom. The second kappa shape index (κ2) is 3.90. The van der Waals surface area contributed by atoms with Crippen LogP contribution in [0.4, 0.5) is 0 Å². The molecule has 70 valence electrons. The van der Waals surface area contributed by atoms with Gasteiger partial charge in [-0.15, -0.1) is 0 Å². The Labute approximate surface area is 74.4 Å². The van der Waals surface area contributed by atoms with Gasteiger partial charge in [0.2, 0.25) is 0 Å². The van der Waals surface area contributed by atoms with Crippen molar-refractivity contribution in [1.82, 2.24) is 4.90 Å². The van der Waals surface area contributed by atoms with E-state index < -0.39 is 0 Å². The van der Waals surface area contributed by atoms with Crippen molar-refractivity contribution >= 4 is 5.84 Å². The van der Waals surface area contributed by atoms with Crippen LogP contribution in [0.3, 0.4) is 0 Å². The molecule has 1 heterocycles. The summed E-state index contributed by atoms with van der Waals surface area (Å²) in [5.41, 5.74) is 5.37. The summed E-state index contributed by atoms with van der Waals surface area (Å²) in [5.74, 6) is 1.05. The largest absolute Gasteiger partial charge is 0.387 e. The molecule has 3 heteroatoms. The van der Waals surface area contributed by atoms with Gasteiger partial charge < -0.3 is 5.73 Å². The minimum atomic E-state index is 0.288. The van der Waals surface area contributed by atoms with E-state index in [1.54, 1.807) is 0 Å². The molecular formula is C9H19N3. The predicted octanol–water partition coefficient (Wildman–Crippen LogP) is 1.04. The SMILES string of the molecule is CC1CCC(C)N(CC(=N)N)C1. The lowest BCUT2D eigenvalue weighted by Crippen LogP contribution is -2.45. The predicted molar refractivity (Wildman–Crippen MR) is 51.3 cm³/mol. The third-order valence-corrected chi connectivity index (χ3v) is 2.62. The number of nitrogens with one attached hydrogen (secondary N) is 1. The van der Waals surface area contributed by atoms with Gasteiger partial charge in [0.05, 0.1) is 6.54 Å². The summed E-state index contributed by atoms with van der Waals surface area (Å²) < 4.78 is 0. The highest BCUT2D eigenvalue weighted by atomic mass is 15.2. The molecule has 0 saturated carbocycles. The number of nitrogens with two attached hydrogens (primary N) is 1. The molecule has 0 bridgehead atoms. The van der Waals surface area contributed by atoms with E-state index in [9.17, 15) is 0 Å². The molecular weight excluding hydrogens is 150 g/mol. The average Bonchev–Trinajstić information content (AvgIpc) is 1.96. The summed E-state index contributed by atoms with van der Waals surface area (Å²) in [6.45, 7) is 6.22. The van der Waals surface area contributed by atoms with Gasteiger partial charge in [-0.3, -0.25) is 10.3 Å². The van der Waals surface area contributed by atoms with E-state index in [2.05, 4.69) is 18.7 Å². The van der Waals surface area contributed by atoms with Crippen LogP contribution in [0.5, 0.6) is 0 Å². The number of hydrogen-bond donors (Lipinski definition) is 2. The lowest BCUT2D eigenvalue weighted by atomic mass is 9.95. The zero-order chi connectivity index (χ0) is 9.14. The van der Waals surface area contributed by atoms with E-state index in [1.807, 2.05) is 0 Å². The molecule has 2 atom stereocenters. The van der Waals surface area contributed by atoms with Gasteiger partial charge in [0.1, 0.15) is 5.84 Å². The first kappa shape index (κ1) is 9.52. The minimum absolute atomic E-state index is 0.288. The Bertz CT molecular complexity index is 167. The van der Waals surface area contributed by atoms with E-state index in [-0.39, 0.29) is 5.84 Å². The number of likely N-dealkylation sites (tertiary alicyclic amines) is 1. The monoisotopic (exact) mass is 169 g/mol. The van der Waals surface area contributed by atoms with Crippen LogP contribution in [0.15, 0.2) is 0 Å². The second-order valence-electron chi connectivity index (χ2n) is 3.99. The van der Waals surface area contributed by atoms with Crippen molar-refractivity contribution in [3.63, 3.8) is 0 Å². The van der Waals surface area contributed by atoms with E-state index in [0.717, 1.165) is 12.5 Å². The number of amidine groups is 1.